The zero-order valence-electron chi connectivity index (χ0n) is 23.5. The van der Waals surface area contributed by atoms with Crippen LogP contribution in [0.1, 0.15) is 0 Å². The molecule has 0 N–H and O–H groups in total. The minimum absolute atomic E-state index is 0.799. The van der Waals surface area contributed by atoms with Crippen LogP contribution in [0.25, 0.3) is 87.9 Å². The SMILES string of the molecule is c1ccc(-c2ccc3c(-n4c5ccc6ccccc6c5c5ccc6nc7c8ccccc8ccc7n6c54)nncc3c2)cc1. The summed E-state index contributed by atoms with van der Waals surface area (Å²) in [5, 5.41) is 18.6. The first-order valence-corrected chi connectivity index (χ1v) is 14.8. The van der Waals surface area contributed by atoms with Crippen LogP contribution < -0.4 is 0 Å². The van der Waals surface area contributed by atoms with E-state index in [1.165, 1.54) is 27.1 Å². The van der Waals surface area contributed by atoms with E-state index in [1.54, 1.807) is 0 Å². The van der Waals surface area contributed by atoms with Gasteiger partial charge >= 0.3 is 0 Å². The Kier molecular flexibility index (Phi) is 4.66. The Bertz CT molecular complexity index is 2770. The highest BCUT2D eigenvalue weighted by atomic mass is 15.2. The molecule has 44 heavy (non-hydrogen) atoms. The third-order valence-electron chi connectivity index (χ3n) is 9.02. The molecule has 0 amide bonds. The van der Waals surface area contributed by atoms with Crippen molar-refractivity contribution in [2.24, 2.45) is 0 Å². The molecular formula is C39H23N5. The van der Waals surface area contributed by atoms with Crippen molar-refractivity contribution < 1.29 is 0 Å². The first-order chi connectivity index (χ1) is 21.8. The summed E-state index contributed by atoms with van der Waals surface area (Å²) in [6.07, 6.45) is 1.86. The Balaban J connectivity index is 1.39. The maximum atomic E-state index is 5.18. The number of hydrogen-bond acceptors (Lipinski definition) is 3. The molecule has 5 heteroatoms. The van der Waals surface area contributed by atoms with Crippen molar-refractivity contribution in [3.63, 3.8) is 0 Å². The van der Waals surface area contributed by atoms with Crippen molar-refractivity contribution >= 4 is 70.9 Å². The highest BCUT2D eigenvalue weighted by molar-refractivity contribution is 6.22. The number of pyridine rings is 1. The van der Waals surface area contributed by atoms with Crippen LogP contribution in [0.15, 0.2) is 140 Å². The summed E-state index contributed by atoms with van der Waals surface area (Å²) in [7, 11) is 0. The van der Waals surface area contributed by atoms with Crippen LogP contribution in [0.5, 0.6) is 0 Å². The summed E-state index contributed by atoms with van der Waals surface area (Å²) in [4.78, 5) is 5.18. The molecule has 0 unspecified atom stereocenters. The van der Waals surface area contributed by atoms with Crippen LogP contribution in [0.3, 0.4) is 0 Å². The number of aromatic nitrogens is 5. The lowest BCUT2D eigenvalue weighted by Crippen LogP contribution is -2.03. The minimum atomic E-state index is 0.799. The number of rotatable bonds is 2. The third kappa shape index (κ3) is 3.15. The van der Waals surface area contributed by atoms with Gasteiger partial charge < -0.3 is 0 Å². The second-order valence-corrected chi connectivity index (χ2v) is 11.4. The monoisotopic (exact) mass is 561 g/mol. The molecule has 0 aliphatic heterocycles. The van der Waals surface area contributed by atoms with Crippen LogP contribution in [0.4, 0.5) is 0 Å². The van der Waals surface area contributed by atoms with Crippen molar-refractivity contribution in [2.75, 3.05) is 0 Å². The van der Waals surface area contributed by atoms with Crippen LogP contribution in [0, 0.1) is 0 Å². The molecule has 4 heterocycles. The average molecular weight is 562 g/mol. The molecule has 0 atom stereocenters. The standard InChI is InChI=1S/C39H23N5/c1-2-8-24(9-3-1)27-14-17-31-28(22-27)23-40-42-38(31)44-33-19-15-25-10-4-6-12-29(25)36(33)32-18-21-35-41-37-30-13-7-5-11-26(30)16-20-34(37)43(35)39(32)44/h1-23H. The van der Waals surface area contributed by atoms with E-state index in [9.17, 15) is 0 Å². The topological polar surface area (TPSA) is 48.0 Å². The van der Waals surface area contributed by atoms with Gasteiger partial charge in [-0.2, -0.15) is 5.10 Å². The second-order valence-electron chi connectivity index (χ2n) is 11.4. The Morgan fingerprint density at radius 3 is 2.09 bits per heavy atom. The van der Waals surface area contributed by atoms with Crippen LogP contribution >= 0.6 is 0 Å². The van der Waals surface area contributed by atoms with Gasteiger partial charge in [0, 0.05) is 26.9 Å². The fraction of sp³-hybridized carbons (Fsp3) is 0. The van der Waals surface area contributed by atoms with Crippen LogP contribution in [0.2, 0.25) is 0 Å². The normalized spacial score (nSPS) is 12.1. The maximum Gasteiger partial charge on any atom is 0.169 e. The Morgan fingerprint density at radius 2 is 1.23 bits per heavy atom. The Labute approximate surface area is 251 Å². The molecule has 6 aromatic carbocycles. The molecule has 0 bridgehead atoms. The van der Waals surface area contributed by atoms with Crippen molar-refractivity contribution in [1.82, 2.24) is 24.1 Å². The van der Waals surface area contributed by atoms with Gasteiger partial charge in [-0.25, -0.2) is 4.98 Å². The van der Waals surface area contributed by atoms with E-state index < -0.39 is 0 Å². The second kappa shape index (κ2) is 8.72. The van der Waals surface area contributed by atoms with E-state index in [0.717, 1.165) is 60.8 Å². The largest absolute Gasteiger partial charge is 0.277 e. The predicted molar refractivity (Wildman–Crippen MR) is 181 cm³/mol. The van der Waals surface area contributed by atoms with Crippen LogP contribution in [-0.4, -0.2) is 24.1 Å². The van der Waals surface area contributed by atoms with Gasteiger partial charge in [0.25, 0.3) is 0 Å². The lowest BCUT2D eigenvalue weighted by Gasteiger charge is -2.12. The molecule has 10 aromatic rings. The van der Waals surface area contributed by atoms with Crippen molar-refractivity contribution in [3.05, 3.63) is 140 Å². The molecule has 0 radical (unpaired) electrons. The zero-order chi connectivity index (χ0) is 28.8. The fourth-order valence-electron chi connectivity index (χ4n) is 7.04. The quantitative estimate of drug-likeness (QED) is 0.211. The number of nitrogens with zero attached hydrogens (tertiary/aromatic N) is 5. The first kappa shape index (κ1) is 23.5. The number of fused-ring (bicyclic) bond motifs is 12. The molecule has 10 rings (SSSR count). The molecule has 5 nitrogen and oxygen atoms in total. The van der Waals surface area contributed by atoms with Gasteiger partial charge in [0.15, 0.2) is 5.82 Å². The number of hydrogen-bond donors (Lipinski definition) is 0. The van der Waals surface area contributed by atoms with E-state index in [0.29, 0.717) is 0 Å². The van der Waals surface area contributed by atoms with Gasteiger partial charge in [-0.3, -0.25) is 8.97 Å². The van der Waals surface area contributed by atoms with Gasteiger partial charge in [0.05, 0.1) is 22.7 Å². The first-order valence-electron chi connectivity index (χ1n) is 14.8. The van der Waals surface area contributed by atoms with E-state index in [2.05, 4.69) is 141 Å². The Morgan fingerprint density at radius 1 is 0.500 bits per heavy atom. The van der Waals surface area contributed by atoms with Crippen molar-refractivity contribution in [2.45, 2.75) is 0 Å². The smallest absolute Gasteiger partial charge is 0.169 e. The number of benzene rings is 6. The fourth-order valence-corrected chi connectivity index (χ4v) is 7.04. The molecular weight excluding hydrogens is 538 g/mol. The van der Waals surface area contributed by atoms with E-state index in [4.69, 9.17) is 10.1 Å². The van der Waals surface area contributed by atoms with E-state index in [-0.39, 0.29) is 0 Å². The summed E-state index contributed by atoms with van der Waals surface area (Å²) in [6.45, 7) is 0. The molecule has 4 aromatic heterocycles. The minimum Gasteiger partial charge on any atom is -0.277 e. The third-order valence-corrected chi connectivity index (χ3v) is 9.02. The lowest BCUT2D eigenvalue weighted by molar-refractivity contribution is 0.960. The average Bonchev–Trinajstić information content (AvgIpc) is 3.64. The van der Waals surface area contributed by atoms with Gasteiger partial charge in [0.2, 0.25) is 0 Å². The molecule has 0 aliphatic carbocycles. The molecule has 204 valence electrons. The van der Waals surface area contributed by atoms with E-state index in [1.807, 2.05) is 12.3 Å². The predicted octanol–water partition coefficient (Wildman–Crippen LogP) is 9.50. The summed E-state index contributed by atoms with van der Waals surface area (Å²) >= 11 is 0. The summed E-state index contributed by atoms with van der Waals surface area (Å²) in [5.74, 6) is 0.799. The lowest BCUT2D eigenvalue weighted by atomic mass is 10.0. The van der Waals surface area contributed by atoms with Gasteiger partial charge in [-0.1, -0.05) is 97.1 Å². The molecule has 0 fully saturated rings. The highest BCUT2D eigenvalue weighted by Crippen LogP contribution is 2.40. The summed E-state index contributed by atoms with van der Waals surface area (Å²) < 4.78 is 4.59. The highest BCUT2D eigenvalue weighted by Gasteiger charge is 2.22. The van der Waals surface area contributed by atoms with Crippen LogP contribution in [-0.2, 0) is 0 Å². The van der Waals surface area contributed by atoms with Gasteiger partial charge in [-0.15, -0.1) is 5.10 Å². The molecule has 0 saturated carbocycles. The van der Waals surface area contributed by atoms with Crippen molar-refractivity contribution in [1.29, 1.82) is 0 Å². The van der Waals surface area contributed by atoms with Gasteiger partial charge in [0.1, 0.15) is 11.3 Å². The molecule has 0 spiro atoms. The summed E-state index contributed by atoms with van der Waals surface area (Å²) in [6, 6.07) is 47.3. The summed E-state index contributed by atoms with van der Waals surface area (Å²) in [5.41, 5.74) is 7.40. The maximum absolute atomic E-state index is 5.18. The van der Waals surface area contributed by atoms with Gasteiger partial charge in [-0.05, 0) is 63.7 Å². The number of imidazole rings is 1. The molecule has 0 saturated heterocycles. The Hall–Kier alpha value is -6.07. The van der Waals surface area contributed by atoms with E-state index >= 15 is 0 Å². The van der Waals surface area contributed by atoms with Crippen molar-refractivity contribution in [3.8, 4) is 16.9 Å². The zero-order valence-corrected chi connectivity index (χ0v) is 23.5. The molecule has 0 aliphatic rings.